The van der Waals surface area contributed by atoms with Crippen LogP contribution in [-0.2, 0) is 11.2 Å². The fourth-order valence-corrected chi connectivity index (χ4v) is 1.25. The highest BCUT2D eigenvalue weighted by Gasteiger charge is 2.10. The van der Waals surface area contributed by atoms with E-state index >= 15 is 0 Å². The van der Waals surface area contributed by atoms with Crippen LogP contribution in [0.4, 0.5) is 5.95 Å². The van der Waals surface area contributed by atoms with Gasteiger partial charge in [0.1, 0.15) is 0 Å². The fourth-order valence-electron chi connectivity index (χ4n) is 1.25. The number of methoxy groups -OCH3 is 1. The van der Waals surface area contributed by atoms with E-state index < -0.39 is 0 Å². The molecule has 1 amide bonds. The van der Waals surface area contributed by atoms with Gasteiger partial charge in [0.05, 0.1) is 7.11 Å². The first-order valence-electron chi connectivity index (χ1n) is 5.23. The van der Waals surface area contributed by atoms with Crippen LogP contribution in [0.1, 0.15) is 18.1 Å². The van der Waals surface area contributed by atoms with Gasteiger partial charge in [0, 0.05) is 12.8 Å². The zero-order valence-corrected chi connectivity index (χ0v) is 9.93. The highest BCUT2D eigenvalue weighted by molar-refractivity contribution is 5.88. The number of rotatable bonds is 5. The SMILES string of the molecule is COc1n[nH]c(NC(=O)CCc2nc(C)no2)n1. The largest absolute Gasteiger partial charge is 0.466 e. The molecule has 0 atom stereocenters. The Morgan fingerprint density at radius 1 is 1.50 bits per heavy atom. The summed E-state index contributed by atoms with van der Waals surface area (Å²) in [5.74, 6) is 0.978. The van der Waals surface area contributed by atoms with Crippen molar-refractivity contribution in [3.05, 3.63) is 11.7 Å². The summed E-state index contributed by atoms with van der Waals surface area (Å²) >= 11 is 0. The lowest BCUT2D eigenvalue weighted by Crippen LogP contribution is -2.13. The third kappa shape index (κ3) is 3.03. The molecule has 2 heterocycles. The highest BCUT2D eigenvalue weighted by atomic mass is 16.5. The van der Waals surface area contributed by atoms with Crippen molar-refractivity contribution < 1.29 is 14.1 Å². The van der Waals surface area contributed by atoms with Crippen LogP contribution in [0.25, 0.3) is 0 Å². The van der Waals surface area contributed by atoms with Crippen molar-refractivity contribution >= 4 is 11.9 Å². The number of aromatic amines is 1. The van der Waals surface area contributed by atoms with Crippen LogP contribution in [0.2, 0.25) is 0 Å². The summed E-state index contributed by atoms with van der Waals surface area (Å²) in [5, 5.41) is 12.4. The highest BCUT2D eigenvalue weighted by Crippen LogP contribution is 2.06. The van der Waals surface area contributed by atoms with Gasteiger partial charge < -0.3 is 9.26 Å². The molecule has 0 saturated carbocycles. The Bertz CT molecular complexity index is 534. The Balaban J connectivity index is 1.81. The van der Waals surface area contributed by atoms with Gasteiger partial charge in [0.25, 0.3) is 0 Å². The van der Waals surface area contributed by atoms with Crippen molar-refractivity contribution in [1.82, 2.24) is 25.3 Å². The van der Waals surface area contributed by atoms with Crippen molar-refractivity contribution in [2.45, 2.75) is 19.8 Å². The van der Waals surface area contributed by atoms with Crippen LogP contribution in [0.5, 0.6) is 6.01 Å². The molecule has 0 bridgehead atoms. The van der Waals surface area contributed by atoms with E-state index in [0.717, 1.165) is 0 Å². The van der Waals surface area contributed by atoms with Crippen LogP contribution in [0, 0.1) is 6.92 Å². The molecule has 0 aliphatic heterocycles. The summed E-state index contributed by atoms with van der Waals surface area (Å²) in [7, 11) is 1.44. The van der Waals surface area contributed by atoms with Gasteiger partial charge in [-0.1, -0.05) is 5.16 Å². The van der Waals surface area contributed by atoms with E-state index in [1.807, 2.05) is 0 Å². The number of hydrogen-bond acceptors (Lipinski definition) is 7. The first kappa shape index (κ1) is 12.0. The average Bonchev–Trinajstić information content (AvgIpc) is 2.95. The molecule has 96 valence electrons. The van der Waals surface area contributed by atoms with Crippen molar-refractivity contribution in [2.24, 2.45) is 0 Å². The molecule has 0 aliphatic carbocycles. The zero-order chi connectivity index (χ0) is 13.0. The average molecular weight is 252 g/mol. The minimum atomic E-state index is -0.232. The fraction of sp³-hybridized carbons (Fsp3) is 0.444. The molecule has 0 aromatic carbocycles. The molecule has 0 spiro atoms. The molecule has 0 saturated heterocycles. The van der Waals surface area contributed by atoms with Gasteiger partial charge in [-0.15, -0.1) is 5.10 Å². The number of carbonyl (C=O) groups excluding carboxylic acids is 1. The Labute approximate surface area is 102 Å². The third-order valence-electron chi connectivity index (χ3n) is 2.04. The number of hydrogen-bond donors (Lipinski definition) is 2. The smallest absolute Gasteiger partial charge is 0.336 e. The van der Waals surface area contributed by atoms with E-state index in [1.54, 1.807) is 6.92 Å². The summed E-state index contributed by atoms with van der Waals surface area (Å²) in [6.07, 6.45) is 0.586. The molecule has 2 rings (SSSR count). The first-order valence-corrected chi connectivity index (χ1v) is 5.23. The van der Waals surface area contributed by atoms with E-state index in [4.69, 9.17) is 9.26 Å². The van der Waals surface area contributed by atoms with Gasteiger partial charge in [-0.05, 0) is 6.92 Å². The lowest BCUT2D eigenvalue weighted by Gasteiger charge is -1.98. The van der Waals surface area contributed by atoms with Crippen LogP contribution in [-0.4, -0.2) is 38.3 Å². The number of H-pyrrole nitrogens is 1. The maximum Gasteiger partial charge on any atom is 0.336 e. The monoisotopic (exact) mass is 252 g/mol. The Morgan fingerprint density at radius 2 is 2.33 bits per heavy atom. The predicted molar refractivity (Wildman–Crippen MR) is 58.9 cm³/mol. The van der Waals surface area contributed by atoms with Gasteiger partial charge >= 0.3 is 6.01 Å². The topological polar surface area (TPSA) is 119 Å². The molecule has 2 aromatic heterocycles. The van der Waals surface area contributed by atoms with E-state index in [0.29, 0.717) is 18.1 Å². The number of nitrogens with zero attached hydrogens (tertiary/aromatic N) is 4. The standard InChI is InChI=1S/C9H12N6O3/c1-5-10-7(18-15-5)4-3-6(16)11-8-12-9(17-2)14-13-8/h3-4H2,1-2H3,(H2,11,12,13,14,16). The normalized spacial score (nSPS) is 10.3. The van der Waals surface area contributed by atoms with Gasteiger partial charge in [-0.2, -0.15) is 9.97 Å². The Kier molecular flexibility index (Phi) is 3.51. The van der Waals surface area contributed by atoms with Gasteiger partial charge in [-0.3, -0.25) is 10.1 Å². The van der Waals surface area contributed by atoms with Crippen LogP contribution in [0.3, 0.4) is 0 Å². The van der Waals surface area contributed by atoms with E-state index in [-0.39, 0.29) is 24.3 Å². The Morgan fingerprint density at radius 3 is 2.94 bits per heavy atom. The van der Waals surface area contributed by atoms with E-state index in [9.17, 15) is 4.79 Å². The van der Waals surface area contributed by atoms with E-state index in [1.165, 1.54) is 7.11 Å². The number of ether oxygens (including phenoxy) is 1. The number of carbonyl (C=O) groups is 1. The predicted octanol–water partition coefficient (Wildman–Crippen LogP) is 0.0760. The minimum absolute atomic E-state index is 0.165. The lowest BCUT2D eigenvalue weighted by atomic mass is 10.3. The molecule has 18 heavy (non-hydrogen) atoms. The lowest BCUT2D eigenvalue weighted by molar-refractivity contribution is -0.116. The second-order valence-electron chi connectivity index (χ2n) is 3.45. The second kappa shape index (κ2) is 5.25. The summed E-state index contributed by atoms with van der Waals surface area (Å²) in [6, 6.07) is 0.165. The quantitative estimate of drug-likeness (QED) is 0.773. The molecular weight excluding hydrogens is 240 g/mol. The molecule has 2 N–H and O–H groups in total. The van der Waals surface area contributed by atoms with Crippen LogP contribution >= 0.6 is 0 Å². The molecule has 2 aromatic rings. The maximum atomic E-state index is 11.6. The second-order valence-corrected chi connectivity index (χ2v) is 3.45. The Hall–Kier alpha value is -2.45. The molecule has 9 nitrogen and oxygen atoms in total. The molecule has 0 unspecified atom stereocenters. The number of aryl methyl sites for hydroxylation is 2. The van der Waals surface area contributed by atoms with Crippen molar-refractivity contribution in [3.63, 3.8) is 0 Å². The number of anilines is 1. The summed E-state index contributed by atoms with van der Waals surface area (Å²) in [5.41, 5.74) is 0. The molecular formula is C9H12N6O3. The molecule has 9 heteroatoms. The molecule has 0 aliphatic rings. The maximum absolute atomic E-state index is 11.6. The third-order valence-corrected chi connectivity index (χ3v) is 2.04. The summed E-state index contributed by atoms with van der Waals surface area (Å²) < 4.78 is 9.66. The summed E-state index contributed by atoms with van der Waals surface area (Å²) in [4.78, 5) is 19.4. The van der Waals surface area contributed by atoms with Gasteiger partial charge in [-0.25, -0.2) is 5.10 Å². The number of aromatic nitrogens is 5. The minimum Gasteiger partial charge on any atom is -0.466 e. The van der Waals surface area contributed by atoms with Crippen molar-refractivity contribution in [1.29, 1.82) is 0 Å². The van der Waals surface area contributed by atoms with Crippen LogP contribution in [0.15, 0.2) is 4.52 Å². The van der Waals surface area contributed by atoms with Gasteiger partial charge in [0.2, 0.25) is 17.7 Å². The van der Waals surface area contributed by atoms with Gasteiger partial charge in [0.15, 0.2) is 5.82 Å². The first-order chi connectivity index (χ1) is 8.67. The number of nitrogens with one attached hydrogen (secondary N) is 2. The van der Waals surface area contributed by atoms with E-state index in [2.05, 4.69) is 30.6 Å². The van der Waals surface area contributed by atoms with Crippen molar-refractivity contribution in [2.75, 3.05) is 12.4 Å². The molecule has 0 fully saturated rings. The van der Waals surface area contributed by atoms with Crippen LogP contribution < -0.4 is 10.1 Å². The number of amides is 1. The molecule has 0 radical (unpaired) electrons. The zero-order valence-electron chi connectivity index (χ0n) is 9.93. The summed E-state index contributed by atoms with van der Waals surface area (Å²) in [6.45, 7) is 1.72. The van der Waals surface area contributed by atoms with Crippen molar-refractivity contribution in [3.8, 4) is 6.01 Å².